The van der Waals surface area contributed by atoms with Crippen LogP contribution in [0, 0.1) is 0 Å². The highest BCUT2D eigenvalue weighted by atomic mass is 16.7. The zero-order valence-electron chi connectivity index (χ0n) is 8.00. The van der Waals surface area contributed by atoms with Crippen LogP contribution >= 0.6 is 0 Å². The summed E-state index contributed by atoms with van der Waals surface area (Å²) in [5.41, 5.74) is 0. The largest absolute Gasteiger partial charge is 0.506 e. The Morgan fingerprint density at radius 1 is 1.00 bits per heavy atom. The van der Waals surface area contributed by atoms with Crippen LogP contribution in [0.15, 0.2) is 0 Å². The quantitative estimate of drug-likeness (QED) is 0.640. The Morgan fingerprint density at radius 3 is 1.92 bits per heavy atom. The van der Waals surface area contributed by atoms with E-state index in [1.807, 2.05) is 0 Å². The summed E-state index contributed by atoms with van der Waals surface area (Å²) in [6.07, 6.45) is 7.90. The standard InChI is InChI=1S/C10H18O3/c11-10(12)13-9-7-5-3-1-2-4-6-8-9/h9H,1-8H2,(H,11,12). The van der Waals surface area contributed by atoms with Crippen LogP contribution in [0.2, 0.25) is 0 Å². The number of hydrogen-bond acceptors (Lipinski definition) is 2. The molecule has 0 atom stereocenters. The average molecular weight is 186 g/mol. The molecule has 0 heterocycles. The van der Waals surface area contributed by atoms with Gasteiger partial charge in [0.25, 0.3) is 0 Å². The Labute approximate surface area is 79.1 Å². The maximum atomic E-state index is 10.3. The van der Waals surface area contributed by atoms with Crippen molar-refractivity contribution in [1.29, 1.82) is 0 Å². The van der Waals surface area contributed by atoms with Crippen LogP contribution in [0.4, 0.5) is 4.79 Å². The van der Waals surface area contributed by atoms with E-state index in [4.69, 9.17) is 9.84 Å². The molecule has 1 rings (SSSR count). The van der Waals surface area contributed by atoms with Crippen molar-refractivity contribution >= 4 is 6.16 Å². The molecule has 0 saturated heterocycles. The summed E-state index contributed by atoms with van der Waals surface area (Å²) in [5, 5.41) is 8.48. The molecule has 0 aliphatic heterocycles. The number of ether oxygens (including phenoxy) is 1. The minimum atomic E-state index is -1.12. The summed E-state index contributed by atoms with van der Waals surface area (Å²) in [5.74, 6) is 0. The lowest BCUT2D eigenvalue weighted by molar-refractivity contribution is 0.0431. The zero-order valence-corrected chi connectivity index (χ0v) is 8.00. The van der Waals surface area contributed by atoms with E-state index in [9.17, 15) is 4.79 Å². The number of carboxylic acid groups (broad SMARTS) is 1. The van der Waals surface area contributed by atoms with Crippen LogP contribution in [0.5, 0.6) is 0 Å². The summed E-state index contributed by atoms with van der Waals surface area (Å²) in [4.78, 5) is 10.3. The first-order chi connectivity index (χ1) is 6.29. The third-order valence-electron chi connectivity index (χ3n) is 2.57. The molecule has 1 fully saturated rings. The van der Waals surface area contributed by atoms with Gasteiger partial charge in [-0.25, -0.2) is 4.79 Å². The molecule has 0 unspecified atom stereocenters. The summed E-state index contributed by atoms with van der Waals surface area (Å²) >= 11 is 0. The lowest BCUT2D eigenvalue weighted by Gasteiger charge is -2.13. The van der Waals surface area contributed by atoms with Crippen molar-refractivity contribution in [3.63, 3.8) is 0 Å². The second-order valence-corrected chi connectivity index (χ2v) is 3.70. The first-order valence-corrected chi connectivity index (χ1v) is 5.18. The van der Waals surface area contributed by atoms with Crippen LogP contribution in [0.3, 0.4) is 0 Å². The highest BCUT2D eigenvalue weighted by Gasteiger charge is 2.13. The van der Waals surface area contributed by atoms with Gasteiger partial charge in [0.2, 0.25) is 0 Å². The highest BCUT2D eigenvalue weighted by Crippen LogP contribution is 2.19. The van der Waals surface area contributed by atoms with E-state index in [-0.39, 0.29) is 6.10 Å². The fourth-order valence-electron chi connectivity index (χ4n) is 1.86. The van der Waals surface area contributed by atoms with Gasteiger partial charge < -0.3 is 9.84 Å². The predicted octanol–water partition coefficient (Wildman–Crippen LogP) is 3.18. The van der Waals surface area contributed by atoms with Crippen LogP contribution in [-0.4, -0.2) is 17.4 Å². The van der Waals surface area contributed by atoms with Crippen LogP contribution < -0.4 is 0 Å². The van der Waals surface area contributed by atoms with Gasteiger partial charge in [-0.1, -0.05) is 25.7 Å². The summed E-state index contributed by atoms with van der Waals surface area (Å²) < 4.78 is 4.80. The normalized spacial score (nSPS) is 21.2. The fraction of sp³-hybridized carbons (Fsp3) is 0.900. The SMILES string of the molecule is O=C(O)OC1CCCCCCCC1. The topological polar surface area (TPSA) is 46.5 Å². The third-order valence-corrected chi connectivity index (χ3v) is 2.57. The molecule has 0 radical (unpaired) electrons. The predicted molar refractivity (Wildman–Crippen MR) is 49.8 cm³/mol. The molecule has 0 spiro atoms. The molecule has 1 aliphatic carbocycles. The maximum absolute atomic E-state index is 10.3. The number of carbonyl (C=O) groups is 1. The van der Waals surface area contributed by atoms with E-state index < -0.39 is 6.16 Å². The Balaban J connectivity index is 2.27. The zero-order chi connectivity index (χ0) is 9.52. The van der Waals surface area contributed by atoms with Crippen molar-refractivity contribution < 1.29 is 14.6 Å². The highest BCUT2D eigenvalue weighted by molar-refractivity contribution is 5.57. The van der Waals surface area contributed by atoms with Gasteiger partial charge in [-0.3, -0.25) is 0 Å². The molecule has 1 aliphatic rings. The second-order valence-electron chi connectivity index (χ2n) is 3.70. The minimum Gasteiger partial charge on any atom is -0.450 e. The summed E-state index contributed by atoms with van der Waals surface area (Å²) in [6.45, 7) is 0. The van der Waals surface area contributed by atoms with Gasteiger partial charge in [-0.05, 0) is 25.7 Å². The molecule has 0 bridgehead atoms. The monoisotopic (exact) mass is 186 g/mol. The van der Waals surface area contributed by atoms with Gasteiger partial charge in [-0.2, -0.15) is 0 Å². The number of rotatable bonds is 1. The van der Waals surface area contributed by atoms with E-state index in [1.165, 1.54) is 25.7 Å². The van der Waals surface area contributed by atoms with Crippen molar-refractivity contribution in [1.82, 2.24) is 0 Å². The first kappa shape index (κ1) is 10.4. The Bertz CT molecular complexity index is 146. The molecule has 0 aromatic heterocycles. The van der Waals surface area contributed by atoms with Gasteiger partial charge in [0.15, 0.2) is 0 Å². The molecule has 1 saturated carbocycles. The molecular weight excluding hydrogens is 168 g/mol. The molecule has 76 valence electrons. The number of hydrogen-bond donors (Lipinski definition) is 1. The lowest BCUT2D eigenvalue weighted by atomic mass is 10.1. The van der Waals surface area contributed by atoms with Crippen molar-refractivity contribution in [2.45, 2.75) is 57.5 Å². The Kier molecular flexibility index (Phi) is 4.65. The third kappa shape index (κ3) is 4.76. The van der Waals surface area contributed by atoms with Gasteiger partial charge in [0.1, 0.15) is 6.10 Å². The van der Waals surface area contributed by atoms with E-state index in [0.717, 1.165) is 25.7 Å². The minimum absolute atomic E-state index is 0.0457. The van der Waals surface area contributed by atoms with Crippen molar-refractivity contribution in [3.05, 3.63) is 0 Å². The second kappa shape index (κ2) is 5.84. The van der Waals surface area contributed by atoms with Gasteiger partial charge in [0, 0.05) is 0 Å². The maximum Gasteiger partial charge on any atom is 0.506 e. The van der Waals surface area contributed by atoms with Crippen molar-refractivity contribution in [2.75, 3.05) is 0 Å². The van der Waals surface area contributed by atoms with E-state index in [1.54, 1.807) is 0 Å². The molecular formula is C10H18O3. The van der Waals surface area contributed by atoms with Crippen molar-refractivity contribution in [2.24, 2.45) is 0 Å². The van der Waals surface area contributed by atoms with Gasteiger partial charge >= 0.3 is 6.16 Å². The molecule has 0 aromatic carbocycles. The smallest absolute Gasteiger partial charge is 0.450 e. The van der Waals surface area contributed by atoms with E-state index >= 15 is 0 Å². The lowest BCUT2D eigenvalue weighted by Crippen LogP contribution is -2.16. The Morgan fingerprint density at radius 2 is 1.46 bits per heavy atom. The van der Waals surface area contributed by atoms with Gasteiger partial charge in [0.05, 0.1) is 0 Å². The van der Waals surface area contributed by atoms with Crippen molar-refractivity contribution in [3.8, 4) is 0 Å². The molecule has 3 heteroatoms. The molecule has 0 amide bonds. The summed E-state index contributed by atoms with van der Waals surface area (Å²) in [7, 11) is 0. The first-order valence-electron chi connectivity index (χ1n) is 5.18. The van der Waals surface area contributed by atoms with Gasteiger partial charge in [-0.15, -0.1) is 0 Å². The molecule has 1 N–H and O–H groups in total. The Hall–Kier alpha value is -0.730. The molecule has 3 nitrogen and oxygen atoms in total. The molecule has 13 heavy (non-hydrogen) atoms. The fourth-order valence-corrected chi connectivity index (χ4v) is 1.86. The van der Waals surface area contributed by atoms with E-state index in [0.29, 0.717) is 0 Å². The van der Waals surface area contributed by atoms with Crippen LogP contribution in [0.1, 0.15) is 51.4 Å². The van der Waals surface area contributed by atoms with E-state index in [2.05, 4.69) is 0 Å². The molecule has 0 aromatic rings. The van der Waals surface area contributed by atoms with Crippen LogP contribution in [0.25, 0.3) is 0 Å². The van der Waals surface area contributed by atoms with Crippen LogP contribution in [-0.2, 0) is 4.74 Å². The average Bonchev–Trinajstić information content (AvgIpc) is 2.17. The summed E-state index contributed by atoms with van der Waals surface area (Å²) in [6, 6.07) is 0.